The van der Waals surface area contributed by atoms with Crippen LogP contribution in [0.5, 0.6) is 0 Å². The smallest absolute Gasteiger partial charge is 0.454 e. The number of alkyl carbamates (subject to hydrolysis) is 1. The molecule has 1 aromatic rings. The molecule has 1 aromatic carbocycles. The molecule has 17 nitrogen and oxygen atoms in total. The lowest BCUT2D eigenvalue weighted by Gasteiger charge is -2.63. The van der Waals surface area contributed by atoms with E-state index in [9.17, 15) is 39.3 Å². The van der Waals surface area contributed by atoms with Gasteiger partial charge in [0.15, 0.2) is 35.8 Å². The van der Waals surface area contributed by atoms with Crippen LogP contribution >= 0.6 is 0 Å². The van der Waals surface area contributed by atoms with Crippen LogP contribution in [0.2, 0.25) is 0 Å². The largest absolute Gasteiger partial charge is 0.509 e. The first-order valence-electron chi connectivity index (χ1n) is 20.8. The number of fused-ring (bicyclic) bond motifs is 4. The van der Waals surface area contributed by atoms with Crippen LogP contribution in [-0.4, -0.2) is 123 Å². The van der Waals surface area contributed by atoms with Gasteiger partial charge in [-0.1, -0.05) is 62.9 Å². The number of carbonyl (C=O) groups is 6. The number of amides is 1. The van der Waals surface area contributed by atoms with Crippen molar-refractivity contribution in [2.45, 2.75) is 141 Å². The summed E-state index contributed by atoms with van der Waals surface area (Å²) in [6.07, 6.45) is -8.32. The van der Waals surface area contributed by atoms with Crippen molar-refractivity contribution < 1.29 is 77.2 Å². The molecule has 1 spiro atoms. The van der Waals surface area contributed by atoms with Crippen LogP contribution in [0, 0.1) is 16.7 Å². The Bertz CT molecular complexity index is 2140. The number of aliphatic hydroxyl groups is 3. The predicted octanol–water partition coefficient (Wildman–Crippen LogP) is 4.12. The van der Waals surface area contributed by atoms with Crippen molar-refractivity contribution in [2.24, 2.45) is 16.7 Å². The Morgan fingerprint density at radius 3 is 2.27 bits per heavy atom. The molecule has 0 radical (unpaired) electrons. The fraction of sp³-hybridized carbons (Fsp3) is 0.565. The third-order valence-corrected chi connectivity index (χ3v) is 13.1. The second-order valence-corrected chi connectivity index (χ2v) is 18.5. The second-order valence-electron chi connectivity index (χ2n) is 18.5. The molecule has 2 aliphatic heterocycles. The maximum absolute atomic E-state index is 15.3. The molecule has 63 heavy (non-hydrogen) atoms. The number of nitrogens with one attached hydrogen (secondary N) is 1. The van der Waals surface area contributed by atoms with Gasteiger partial charge in [0, 0.05) is 12.3 Å². The van der Waals surface area contributed by atoms with Crippen molar-refractivity contribution in [3.8, 4) is 0 Å². The van der Waals surface area contributed by atoms with Gasteiger partial charge in [-0.25, -0.2) is 19.2 Å². The van der Waals surface area contributed by atoms with Crippen LogP contribution in [0.1, 0.15) is 85.5 Å². The predicted molar refractivity (Wildman–Crippen MR) is 220 cm³/mol. The molecular weight excluding hydrogens is 822 g/mol. The van der Waals surface area contributed by atoms with Crippen LogP contribution in [0.15, 0.2) is 77.9 Å². The van der Waals surface area contributed by atoms with E-state index in [1.165, 1.54) is 45.9 Å². The van der Waals surface area contributed by atoms with Crippen molar-refractivity contribution in [2.75, 3.05) is 6.61 Å². The molecule has 1 amide bonds. The summed E-state index contributed by atoms with van der Waals surface area (Å²) >= 11 is 0. The minimum Gasteiger partial charge on any atom is -0.454 e. The molecule has 4 N–H and O–H groups in total. The monoisotopic (exact) mass is 879 g/mol. The maximum Gasteiger partial charge on any atom is 0.509 e. The molecule has 0 aromatic heterocycles. The van der Waals surface area contributed by atoms with Crippen LogP contribution in [-0.2, 0) is 47.5 Å². The van der Waals surface area contributed by atoms with Crippen molar-refractivity contribution in [1.82, 2.24) is 5.32 Å². The van der Waals surface area contributed by atoms with E-state index in [1.807, 2.05) is 0 Å². The van der Waals surface area contributed by atoms with Gasteiger partial charge in [-0.2, -0.15) is 0 Å². The lowest BCUT2D eigenvalue weighted by atomic mass is 9.47. The van der Waals surface area contributed by atoms with E-state index in [2.05, 4.69) is 11.9 Å². The number of ketones is 1. The molecule has 4 fully saturated rings. The molecule has 12 atom stereocenters. The third-order valence-electron chi connectivity index (χ3n) is 13.1. The first-order valence-corrected chi connectivity index (χ1v) is 20.8. The number of Topliss-reactive ketones (excluding diaryl/α,β-unsaturated/α-hetero) is 1. The molecule has 0 unspecified atom stereocenters. The summed E-state index contributed by atoms with van der Waals surface area (Å²) in [5, 5.41) is 38.8. The molecule has 2 heterocycles. The fourth-order valence-corrected chi connectivity index (χ4v) is 10.3. The van der Waals surface area contributed by atoms with E-state index in [4.69, 9.17) is 33.2 Å². The highest BCUT2D eigenvalue weighted by Gasteiger charge is 2.82. The molecule has 2 saturated heterocycles. The first kappa shape index (κ1) is 47.1. The van der Waals surface area contributed by atoms with E-state index in [1.54, 1.807) is 64.1 Å². The van der Waals surface area contributed by atoms with Crippen molar-refractivity contribution in [3.63, 3.8) is 0 Å². The van der Waals surface area contributed by atoms with Gasteiger partial charge in [-0.15, -0.1) is 0 Å². The highest BCUT2D eigenvalue weighted by atomic mass is 16.8. The molecule has 342 valence electrons. The SMILES string of the molecule is C=C(/C=C\C=C/C)[C@H](NC(=O)OC(C)(C)C)[C@@H](O)C(=O)O[C@@H]1C(C)=C2[C@@H](O)C(=O)[C@@]3(C)[C@H]([C@H](OC(=O)c4ccccc4)[C@@]4(OC(=O)O[C@@H]14)C2(C)C)[C@]1(OC(C)=O)CO[C@@H]1CC[C@@H]3O. The highest BCUT2D eigenvalue weighted by Crippen LogP contribution is 2.66. The first-order chi connectivity index (χ1) is 29.4. The minimum absolute atomic E-state index is 0.00151. The quantitative estimate of drug-likeness (QED) is 0.112. The lowest BCUT2D eigenvalue weighted by Crippen LogP contribution is -2.80. The Hall–Kier alpha value is -5.36. The number of allylic oxidation sites excluding steroid dienone is 3. The number of carbonyl (C=O) groups excluding carboxylic acids is 6. The normalized spacial score (nSPS) is 34.3. The second kappa shape index (κ2) is 17.0. The average Bonchev–Trinajstić information content (AvgIpc) is 3.54. The molecule has 2 bridgehead atoms. The number of ether oxygens (including phenoxy) is 7. The van der Waals surface area contributed by atoms with E-state index < -0.39 is 118 Å². The van der Waals surface area contributed by atoms with E-state index in [0.717, 1.165) is 6.92 Å². The van der Waals surface area contributed by atoms with Gasteiger partial charge in [0.25, 0.3) is 0 Å². The zero-order valence-electron chi connectivity index (χ0n) is 36.9. The van der Waals surface area contributed by atoms with Crippen LogP contribution in [0.4, 0.5) is 9.59 Å². The van der Waals surface area contributed by atoms with Gasteiger partial charge in [-0.05, 0) is 83.2 Å². The summed E-state index contributed by atoms with van der Waals surface area (Å²) in [4.78, 5) is 84.2. The summed E-state index contributed by atoms with van der Waals surface area (Å²) in [6, 6.07) is 6.19. The fourth-order valence-electron chi connectivity index (χ4n) is 10.3. The van der Waals surface area contributed by atoms with Crippen molar-refractivity contribution in [1.29, 1.82) is 0 Å². The van der Waals surface area contributed by atoms with Crippen LogP contribution in [0.3, 0.4) is 0 Å². The van der Waals surface area contributed by atoms with Crippen LogP contribution < -0.4 is 5.32 Å². The summed E-state index contributed by atoms with van der Waals surface area (Å²) in [5.74, 6) is -5.76. The lowest BCUT2D eigenvalue weighted by molar-refractivity contribution is -0.314. The number of hydrogen-bond donors (Lipinski definition) is 4. The Balaban J connectivity index is 1.57. The van der Waals surface area contributed by atoms with Gasteiger partial charge in [0.2, 0.25) is 5.60 Å². The number of hydrogen-bond acceptors (Lipinski definition) is 16. The van der Waals surface area contributed by atoms with Gasteiger partial charge in [0.1, 0.15) is 17.8 Å². The maximum atomic E-state index is 15.3. The molecule has 5 aliphatic rings. The summed E-state index contributed by atoms with van der Waals surface area (Å²) < 4.78 is 42.3. The van der Waals surface area contributed by atoms with Crippen LogP contribution in [0.25, 0.3) is 0 Å². The zero-order chi connectivity index (χ0) is 46.6. The van der Waals surface area contributed by atoms with Gasteiger partial charge in [-0.3, -0.25) is 9.59 Å². The van der Waals surface area contributed by atoms with Gasteiger partial charge in [0.05, 0.1) is 35.6 Å². The molecule has 17 heteroatoms. The number of aliphatic hydroxyl groups excluding tert-OH is 3. The van der Waals surface area contributed by atoms with Gasteiger partial charge < -0.3 is 53.8 Å². The summed E-state index contributed by atoms with van der Waals surface area (Å²) in [7, 11) is 0. The third kappa shape index (κ3) is 7.86. The van der Waals surface area contributed by atoms with E-state index in [-0.39, 0.29) is 41.7 Å². The Labute approximate surface area is 365 Å². The summed E-state index contributed by atoms with van der Waals surface area (Å²) in [5.41, 5.74) is -9.10. The average molecular weight is 880 g/mol. The Morgan fingerprint density at radius 2 is 1.68 bits per heavy atom. The number of esters is 3. The standard InChI is InChI=1S/C46H57NO16/c1-11-12-14-17-23(2)30(47-40(55)62-42(5,6)7)32(51)39(54)58-33-24(3)29-31(50)35(52)44(10)27(49)20-21-28-45(22-57-28,61-25(4)48)34(44)37(59-38(53)26-18-15-13-16-19-26)46(43(29,8)9)36(33)60-41(56)63-46/h11-19,27-28,30-34,36-37,49-51H,2,20-22H2,1,3-10H3,(H,47,55)/b12-11-,17-14-/t27-,28+,30-,31+,32+,33+,34-,36-,37-,44+,45-,46+/m0/s1. The van der Waals surface area contributed by atoms with Crippen molar-refractivity contribution >= 4 is 35.9 Å². The van der Waals surface area contributed by atoms with E-state index in [0.29, 0.717) is 0 Å². The summed E-state index contributed by atoms with van der Waals surface area (Å²) in [6.45, 7) is 17.2. The Kier molecular flexibility index (Phi) is 12.7. The minimum atomic E-state index is -2.36. The zero-order valence-corrected chi connectivity index (χ0v) is 36.9. The van der Waals surface area contributed by atoms with Crippen molar-refractivity contribution in [3.05, 3.63) is 83.5 Å². The molecule has 6 rings (SSSR count). The molecule has 2 saturated carbocycles. The molecule has 3 aliphatic carbocycles. The van der Waals surface area contributed by atoms with Gasteiger partial charge >= 0.3 is 30.2 Å². The number of rotatable bonds is 10. The highest BCUT2D eigenvalue weighted by molar-refractivity contribution is 5.94. The Morgan fingerprint density at radius 1 is 1.02 bits per heavy atom. The number of benzene rings is 1. The topological polar surface area (TPSA) is 240 Å². The van der Waals surface area contributed by atoms with E-state index >= 15 is 4.79 Å². The molecular formula is C46H57NO16.